The van der Waals surface area contributed by atoms with E-state index in [1.54, 1.807) is 0 Å². The van der Waals surface area contributed by atoms with Crippen LogP contribution in [0.4, 0.5) is 0 Å². The van der Waals surface area contributed by atoms with Gasteiger partial charge in [0.2, 0.25) is 0 Å². The quantitative estimate of drug-likeness (QED) is 0.638. The van der Waals surface area contributed by atoms with Gasteiger partial charge in [0, 0.05) is 5.56 Å². The number of hydrogen-bond acceptors (Lipinski definition) is 2. The Morgan fingerprint density at radius 2 is 1.84 bits per heavy atom. The maximum absolute atomic E-state index is 12.8. The highest BCUT2D eigenvalue weighted by molar-refractivity contribution is 6.02. The summed E-state index contributed by atoms with van der Waals surface area (Å²) in [7, 11) is 0. The maximum atomic E-state index is 12.8. The van der Waals surface area contributed by atoms with E-state index in [2.05, 4.69) is 6.92 Å². The molecule has 0 saturated carbocycles. The maximum Gasteiger partial charge on any atom is 0.194 e. The Labute approximate surface area is 117 Å². The molecule has 1 unspecified atom stereocenters. The fourth-order valence-corrected chi connectivity index (χ4v) is 2.41. The third-order valence-corrected chi connectivity index (χ3v) is 3.42. The van der Waals surface area contributed by atoms with Crippen LogP contribution >= 0.6 is 0 Å². The van der Waals surface area contributed by atoms with Crippen molar-refractivity contribution in [2.45, 2.75) is 65.1 Å². The largest absolute Gasteiger partial charge is 0.364 e. The summed E-state index contributed by atoms with van der Waals surface area (Å²) in [6, 6.07) is 9.50. The molecule has 2 nitrogen and oxygen atoms in total. The molecule has 0 aliphatic carbocycles. The van der Waals surface area contributed by atoms with Crippen molar-refractivity contribution in [2.24, 2.45) is 0 Å². The Morgan fingerprint density at radius 1 is 1.21 bits per heavy atom. The number of benzene rings is 1. The minimum absolute atomic E-state index is 0.0597. The molecule has 0 amide bonds. The Bertz CT molecular complexity index is 384. The summed E-state index contributed by atoms with van der Waals surface area (Å²) in [6.07, 6.45) is 3.67. The Balaban J connectivity index is 3.03. The highest BCUT2D eigenvalue weighted by Crippen LogP contribution is 2.29. The van der Waals surface area contributed by atoms with Gasteiger partial charge < -0.3 is 4.74 Å². The fourth-order valence-electron chi connectivity index (χ4n) is 2.41. The molecule has 0 N–H and O–H groups in total. The number of ketones is 1. The lowest BCUT2D eigenvalue weighted by Crippen LogP contribution is -2.43. The average Bonchev–Trinajstić information content (AvgIpc) is 2.43. The van der Waals surface area contributed by atoms with E-state index in [1.807, 2.05) is 51.1 Å². The second-order valence-electron chi connectivity index (χ2n) is 5.31. The summed E-state index contributed by atoms with van der Waals surface area (Å²) < 4.78 is 6.06. The summed E-state index contributed by atoms with van der Waals surface area (Å²) in [5.41, 5.74) is 0.0898. The van der Waals surface area contributed by atoms with E-state index in [9.17, 15) is 4.79 Å². The van der Waals surface area contributed by atoms with E-state index in [4.69, 9.17) is 4.74 Å². The number of carbonyl (C=O) groups excluding carboxylic acids is 1. The van der Waals surface area contributed by atoms with Crippen molar-refractivity contribution in [3.8, 4) is 0 Å². The molecular formula is C17H26O2. The second-order valence-corrected chi connectivity index (χ2v) is 5.31. The summed E-state index contributed by atoms with van der Waals surface area (Å²) in [6.45, 7) is 8.17. The first-order valence-corrected chi connectivity index (χ1v) is 7.33. The van der Waals surface area contributed by atoms with Gasteiger partial charge in [0.15, 0.2) is 5.78 Å². The predicted octanol–water partition coefficient (Wildman–Crippen LogP) is 4.63. The van der Waals surface area contributed by atoms with E-state index in [0.717, 1.165) is 31.2 Å². The van der Waals surface area contributed by atoms with Gasteiger partial charge >= 0.3 is 0 Å². The molecule has 0 fully saturated rings. The van der Waals surface area contributed by atoms with Crippen molar-refractivity contribution < 1.29 is 9.53 Å². The molecule has 2 heteroatoms. The molecular weight excluding hydrogens is 236 g/mol. The van der Waals surface area contributed by atoms with Gasteiger partial charge in [-0.2, -0.15) is 0 Å². The third-order valence-electron chi connectivity index (χ3n) is 3.42. The lowest BCUT2D eigenvalue weighted by molar-refractivity contribution is -0.0644. The van der Waals surface area contributed by atoms with Gasteiger partial charge in [-0.3, -0.25) is 4.79 Å². The van der Waals surface area contributed by atoms with Crippen LogP contribution in [-0.2, 0) is 4.74 Å². The first kappa shape index (κ1) is 15.9. The molecule has 0 aliphatic heterocycles. The van der Waals surface area contributed by atoms with E-state index >= 15 is 0 Å². The molecule has 0 aliphatic rings. The van der Waals surface area contributed by atoms with Crippen LogP contribution in [0.2, 0.25) is 0 Å². The predicted molar refractivity (Wildman–Crippen MR) is 79.5 cm³/mol. The van der Waals surface area contributed by atoms with Crippen LogP contribution in [0, 0.1) is 0 Å². The molecule has 0 spiro atoms. The Hall–Kier alpha value is -1.15. The van der Waals surface area contributed by atoms with E-state index in [-0.39, 0.29) is 11.9 Å². The molecule has 0 bridgehead atoms. The van der Waals surface area contributed by atoms with Crippen LogP contribution < -0.4 is 0 Å². The normalized spacial score (nSPS) is 14.4. The van der Waals surface area contributed by atoms with Gasteiger partial charge in [-0.15, -0.1) is 0 Å². The molecule has 1 atom stereocenters. The molecule has 0 aromatic heterocycles. The summed E-state index contributed by atoms with van der Waals surface area (Å²) in [5.74, 6) is 0.123. The highest BCUT2D eigenvalue weighted by atomic mass is 16.5. The number of Topliss-reactive ketones (excluding diaryl/α,β-unsaturated/α-hetero) is 1. The molecule has 0 heterocycles. The minimum atomic E-state index is -0.661. The minimum Gasteiger partial charge on any atom is -0.364 e. The Kier molecular flexibility index (Phi) is 6.23. The zero-order chi connectivity index (χ0) is 14.3. The zero-order valence-corrected chi connectivity index (χ0v) is 12.6. The van der Waals surface area contributed by atoms with Crippen molar-refractivity contribution in [2.75, 3.05) is 0 Å². The van der Waals surface area contributed by atoms with E-state index < -0.39 is 5.60 Å². The number of hydrogen-bond donors (Lipinski definition) is 0. The van der Waals surface area contributed by atoms with Crippen molar-refractivity contribution >= 4 is 5.78 Å². The summed E-state index contributed by atoms with van der Waals surface area (Å²) in [5, 5.41) is 0. The SMILES string of the molecule is CCCCC(CC)(OC(C)C)C(=O)c1ccccc1. The third kappa shape index (κ3) is 4.17. The lowest BCUT2D eigenvalue weighted by atomic mass is 9.85. The van der Waals surface area contributed by atoms with Crippen molar-refractivity contribution in [1.82, 2.24) is 0 Å². The number of rotatable bonds is 8. The van der Waals surface area contributed by atoms with Gasteiger partial charge in [0.25, 0.3) is 0 Å². The Morgan fingerprint density at radius 3 is 2.32 bits per heavy atom. The van der Waals surface area contributed by atoms with Crippen molar-refractivity contribution in [3.05, 3.63) is 35.9 Å². The number of ether oxygens (including phenoxy) is 1. The van der Waals surface area contributed by atoms with Crippen LogP contribution in [0.5, 0.6) is 0 Å². The van der Waals surface area contributed by atoms with E-state index in [0.29, 0.717) is 0 Å². The fraction of sp³-hybridized carbons (Fsp3) is 0.588. The second kappa shape index (κ2) is 7.44. The van der Waals surface area contributed by atoms with Crippen molar-refractivity contribution in [3.63, 3.8) is 0 Å². The van der Waals surface area contributed by atoms with Crippen LogP contribution in [-0.4, -0.2) is 17.5 Å². The van der Waals surface area contributed by atoms with Crippen molar-refractivity contribution in [1.29, 1.82) is 0 Å². The lowest BCUT2D eigenvalue weighted by Gasteiger charge is -2.33. The van der Waals surface area contributed by atoms with Gasteiger partial charge in [0.1, 0.15) is 5.60 Å². The molecule has 1 rings (SSSR count). The monoisotopic (exact) mass is 262 g/mol. The molecule has 0 saturated heterocycles. The standard InChI is InChI=1S/C17H26O2/c1-5-7-13-17(6-2,19-14(3)4)16(18)15-11-9-8-10-12-15/h8-12,14H,5-7,13H2,1-4H3. The van der Waals surface area contributed by atoms with Gasteiger partial charge in [-0.1, -0.05) is 57.0 Å². The zero-order valence-electron chi connectivity index (χ0n) is 12.6. The molecule has 19 heavy (non-hydrogen) atoms. The topological polar surface area (TPSA) is 26.3 Å². The van der Waals surface area contributed by atoms with Gasteiger partial charge in [-0.25, -0.2) is 0 Å². The van der Waals surface area contributed by atoms with Gasteiger partial charge in [0.05, 0.1) is 6.10 Å². The molecule has 1 aromatic rings. The first-order chi connectivity index (χ1) is 9.05. The molecule has 106 valence electrons. The number of carbonyl (C=O) groups is 1. The van der Waals surface area contributed by atoms with Crippen LogP contribution in [0.15, 0.2) is 30.3 Å². The number of unbranched alkanes of at least 4 members (excludes halogenated alkanes) is 1. The summed E-state index contributed by atoms with van der Waals surface area (Å²) >= 11 is 0. The summed E-state index contributed by atoms with van der Waals surface area (Å²) in [4.78, 5) is 12.8. The van der Waals surface area contributed by atoms with Crippen LogP contribution in [0.1, 0.15) is 63.7 Å². The first-order valence-electron chi connectivity index (χ1n) is 7.33. The van der Waals surface area contributed by atoms with Crippen LogP contribution in [0.25, 0.3) is 0 Å². The molecule has 1 aromatic carbocycles. The average molecular weight is 262 g/mol. The van der Waals surface area contributed by atoms with Crippen LogP contribution in [0.3, 0.4) is 0 Å². The van der Waals surface area contributed by atoms with E-state index in [1.165, 1.54) is 0 Å². The van der Waals surface area contributed by atoms with Gasteiger partial charge in [-0.05, 0) is 26.7 Å². The molecule has 0 radical (unpaired) electrons. The smallest absolute Gasteiger partial charge is 0.194 e. The highest BCUT2D eigenvalue weighted by Gasteiger charge is 2.38.